The number of rotatable bonds is 12. The van der Waals surface area contributed by atoms with E-state index in [9.17, 15) is 10.2 Å². The molecule has 12 nitrogen and oxygen atoms in total. The molecule has 2 N–H and O–H groups in total. The van der Waals surface area contributed by atoms with Crippen LogP contribution in [0.2, 0.25) is 0 Å². The van der Waals surface area contributed by atoms with E-state index in [2.05, 4.69) is 19.9 Å². The van der Waals surface area contributed by atoms with Crippen molar-refractivity contribution in [1.29, 1.82) is 0 Å². The number of ether oxygens (including phenoxy) is 4. The van der Waals surface area contributed by atoms with E-state index >= 15 is 0 Å². The van der Waals surface area contributed by atoms with Gasteiger partial charge in [0.25, 0.3) is 0 Å². The summed E-state index contributed by atoms with van der Waals surface area (Å²) in [4.78, 5) is 17.2. The molecule has 12 heteroatoms. The number of fused-ring (bicyclic) bond motifs is 2. The van der Waals surface area contributed by atoms with Crippen molar-refractivity contribution in [3.8, 4) is 68.2 Å². The van der Waals surface area contributed by atoms with Gasteiger partial charge in [-0.25, -0.2) is 19.9 Å². The van der Waals surface area contributed by atoms with E-state index in [1.54, 1.807) is 28.1 Å². The van der Waals surface area contributed by atoms with E-state index in [1.807, 2.05) is 109 Å². The van der Waals surface area contributed by atoms with Crippen molar-refractivity contribution in [3.63, 3.8) is 0 Å². The summed E-state index contributed by atoms with van der Waals surface area (Å²) in [7, 11) is 3.27. The van der Waals surface area contributed by atoms with E-state index in [4.69, 9.17) is 27.8 Å². The highest BCUT2D eigenvalue weighted by Gasteiger charge is 2.25. The minimum Gasteiger partial charge on any atom is -0.497 e. The normalized spacial score (nSPS) is 12.1. The minimum atomic E-state index is -0.616. The Morgan fingerprint density at radius 2 is 1.02 bits per heavy atom. The first-order valence-electron chi connectivity index (χ1n) is 17.9. The van der Waals surface area contributed by atoms with Crippen LogP contribution in [-0.2, 0) is 0 Å². The molecule has 0 aliphatic heterocycles. The van der Waals surface area contributed by atoms with Crippen LogP contribution in [0.5, 0.6) is 23.3 Å². The fourth-order valence-electron chi connectivity index (χ4n) is 6.09. The summed E-state index contributed by atoms with van der Waals surface area (Å²) in [5.41, 5.74) is 6.24. The van der Waals surface area contributed by atoms with Crippen molar-refractivity contribution in [2.75, 3.05) is 27.4 Å². The number of methoxy groups -OCH3 is 2. The second-order valence-corrected chi connectivity index (χ2v) is 12.8. The molecule has 284 valence electrons. The van der Waals surface area contributed by atoms with Gasteiger partial charge in [0.05, 0.1) is 26.9 Å². The first-order valence-corrected chi connectivity index (χ1v) is 17.9. The number of aliphatic hydroxyl groups excluding tert-OH is 2. The summed E-state index contributed by atoms with van der Waals surface area (Å²) in [6.07, 6.45) is 1.78. The molecule has 4 heterocycles. The summed E-state index contributed by atoms with van der Waals surface area (Å²) in [6, 6.07) is 35.1. The molecule has 4 aromatic heterocycles. The third kappa shape index (κ3) is 8.02. The van der Waals surface area contributed by atoms with E-state index in [0.717, 1.165) is 44.9 Å². The average molecular weight is 753 g/mol. The van der Waals surface area contributed by atoms with E-state index in [0.29, 0.717) is 45.5 Å². The molecule has 0 bridgehead atoms. The van der Waals surface area contributed by atoms with Gasteiger partial charge in [0.2, 0.25) is 23.2 Å². The van der Waals surface area contributed by atoms with Crippen LogP contribution in [0.15, 0.2) is 131 Å². The molecule has 0 spiro atoms. The van der Waals surface area contributed by atoms with Gasteiger partial charge in [-0.2, -0.15) is 0 Å². The second-order valence-electron chi connectivity index (χ2n) is 12.8. The van der Waals surface area contributed by atoms with Crippen LogP contribution < -0.4 is 18.9 Å². The first-order chi connectivity index (χ1) is 27.4. The lowest BCUT2D eigenvalue weighted by Gasteiger charge is -2.12. The van der Waals surface area contributed by atoms with E-state index in [-0.39, 0.29) is 13.2 Å². The number of benzene rings is 4. The fourth-order valence-corrected chi connectivity index (χ4v) is 6.09. The molecule has 2 atom stereocenters. The molecule has 0 unspecified atom stereocenters. The number of aromatic nitrogens is 4. The topological polar surface area (TPSA) is 155 Å². The SMILES string of the molecule is COc1ccc(-c2c(-c3ccccc3)oc3ncnc(OC[C@H](C)O)c23)cc1.COc1ccc(-c2c(-c3ccccc3)oc3ncnc(O[C@@H](C)CO)c23)cc1. The van der Waals surface area contributed by atoms with Crippen molar-refractivity contribution in [2.45, 2.75) is 26.1 Å². The Hall–Kier alpha value is -6.76. The molecule has 8 rings (SSSR count). The molecular weight excluding hydrogens is 713 g/mol. The van der Waals surface area contributed by atoms with Gasteiger partial charge in [-0.1, -0.05) is 84.9 Å². The minimum absolute atomic E-state index is 0.118. The summed E-state index contributed by atoms with van der Waals surface area (Å²) in [5.74, 6) is 3.65. The lowest BCUT2D eigenvalue weighted by molar-refractivity contribution is 0.121. The summed E-state index contributed by atoms with van der Waals surface area (Å²) in [5, 5.41) is 20.3. The van der Waals surface area contributed by atoms with Crippen molar-refractivity contribution in [2.24, 2.45) is 0 Å². The van der Waals surface area contributed by atoms with Gasteiger partial charge < -0.3 is 38.0 Å². The van der Waals surface area contributed by atoms with Crippen LogP contribution in [0.1, 0.15) is 13.8 Å². The quantitative estimate of drug-likeness (QED) is 0.123. The van der Waals surface area contributed by atoms with Crippen LogP contribution in [-0.4, -0.2) is 69.8 Å². The molecule has 0 fully saturated rings. The summed E-state index contributed by atoms with van der Waals surface area (Å²) < 4.78 is 34.4. The molecule has 0 saturated heterocycles. The van der Waals surface area contributed by atoms with Gasteiger partial charge in [0, 0.05) is 22.3 Å². The smallest absolute Gasteiger partial charge is 0.234 e. The number of hydrogen-bond donors (Lipinski definition) is 2. The number of aliphatic hydroxyl groups is 2. The van der Waals surface area contributed by atoms with Gasteiger partial charge in [-0.3, -0.25) is 0 Å². The molecule has 0 aliphatic carbocycles. The number of furan rings is 2. The Bertz CT molecular complexity index is 2500. The van der Waals surface area contributed by atoms with Gasteiger partial charge in [-0.15, -0.1) is 0 Å². The predicted octanol–water partition coefficient (Wildman–Crippen LogP) is 8.65. The lowest BCUT2D eigenvalue weighted by atomic mass is 9.99. The Balaban J connectivity index is 0.000000172. The highest BCUT2D eigenvalue weighted by atomic mass is 16.5. The molecule has 0 saturated carbocycles. The van der Waals surface area contributed by atoms with Gasteiger partial charge in [0.1, 0.15) is 59.2 Å². The van der Waals surface area contributed by atoms with Crippen LogP contribution in [0.3, 0.4) is 0 Å². The van der Waals surface area contributed by atoms with E-state index < -0.39 is 12.2 Å². The van der Waals surface area contributed by atoms with Crippen molar-refractivity contribution < 1.29 is 38.0 Å². The third-order valence-electron chi connectivity index (χ3n) is 8.77. The zero-order chi connectivity index (χ0) is 39.0. The molecule has 0 radical (unpaired) electrons. The molecule has 0 amide bonds. The number of nitrogens with zero attached hydrogens (tertiary/aromatic N) is 4. The van der Waals surface area contributed by atoms with Crippen LogP contribution in [0.4, 0.5) is 0 Å². The van der Waals surface area contributed by atoms with Gasteiger partial charge in [-0.05, 0) is 49.2 Å². The Labute approximate surface area is 323 Å². The predicted molar refractivity (Wildman–Crippen MR) is 213 cm³/mol. The number of hydrogen-bond acceptors (Lipinski definition) is 12. The molecule has 0 aliphatic rings. The van der Waals surface area contributed by atoms with E-state index in [1.165, 1.54) is 12.7 Å². The largest absolute Gasteiger partial charge is 0.497 e. The maximum atomic E-state index is 9.61. The fraction of sp³-hybridized carbons (Fsp3) is 0.182. The molecule has 8 aromatic rings. The van der Waals surface area contributed by atoms with Crippen molar-refractivity contribution in [3.05, 3.63) is 122 Å². The maximum Gasteiger partial charge on any atom is 0.234 e. The zero-order valence-electron chi connectivity index (χ0n) is 31.2. The van der Waals surface area contributed by atoms with Crippen LogP contribution in [0, 0.1) is 0 Å². The Morgan fingerprint density at radius 3 is 1.45 bits per heavy atom. The highest BCUT2D eigenvalue weighted by molar-refractivity contribution is 6.04. The summed E-state index contributed by atoms with van der Waals surface area (Å²) in [6.45, 7) is 3.44. The monoisotopic (exact) mass is 752 g/mol. The Morgan fingerprint density at radius 1 is 0.571 bits per heavy atom. The van der Waals surface area contributed by atoms with Crippen molar-refractivity contribution in [1.82, 2.24) is 19.9 Å². The maximum absolute atomic E-state index is 9.61. The second kappa shape index (κ2) is 17.1. The van der Waals surface area contributed by atoms with Crippen LogP contribution in [0.25, 0.3) is 67.1 Å². The van der Waals surface area contributed by atoms with Crippen molar-refractivity contribution >= 4 is 22.2 Å². The zero-order valence-corrected chi connectivity index (χ0v) is 31.2. The van der Waals surface area contributed by atoms with Gasteiger partial charge >= 0.3 is 0 Å². The highest BCUT2D eigenvalue weighted by Crippen LogP contribution is 2.45. The molecular formula is C44H40N4O8. The molecule has 4 aromatic carbocycles. The van der Waals surface area contributed by atoms with Gasteiger partial charge in [0.15, 0.2) is 0 Å². The lowest BCUT2D eigenvalue weighted by Crippen LogP contribution is -2.17. The summed E-state index contributed by atoms with van der Waals surface area (Å²) >= 11 is 0. The van der Waals surface area contributed by atoms with Crippen LogP contribution >= 0.6 is 0 Å². The first kappa shape index (κ1) is 37.6. The Kier molecular flexibility index (Phi) is 11.5. The average Bonchev–Trinajstić information content (AvgIpc) is 3.84. The third-order valence-corrected chi connectivity index (χ3v) is 8.77. The standard InChI is InChI=1S/2C22H20N2O4/c1-14(25)12-27-21-19-18(15-8-10-17(26-2)11-9-15)20(16-6-4-3-5-7-16)28-22(19)24-13-23-21;1-14(12-25)27-21-19-18(15-8-10-17(26-2)11-9-15)20(16-6-4-3-5-7-16)28-22(19)24-13-23-21/h2*3-11,13-14,25H,12H2,1-2H3/t2*14-/m00/s1. The molecule has 56 heavy (non-hydrogen) atoms.